The van der Waals surface area contributed by atoms with Gasteiger partial charge in [-0.05, 0) is 24.4 Å². The van der Waals surface area contributed by atoms with Crippen LogP contribution < -0.4 is 16.6 Å². The van der Waals surface area contributed by atoms with Crippen LogP contribution in [0, 0.1) is 0 Å². The van der Waals surface area contributed by atoms with Crippen LogP contribution in [0.4, 0.5) is 0 Å². The number of hydrazine groups is 1. The Balaban J connectivity index is 2.51. The lowest BCUT2D eigenvalue weighted by Crippen LogP contribution is -2.38. The lowest BCUT2D eigenvalue weighted by Gasteiger charge is -2.04. The zero-order chi connectivity index (χ0) is 9.68. The van der Waals surface area contributed by atoms with Gasteiger partial charge in [0.15, 0.2) is 5.11 Å². The van der Waals surface area contributed by atoms with Gasteiger partial charge >= 0.3 is 0 Å². The Morgan fingerprint density at radius 3 is 3.08 bits per heavy atom. The number of carbonyl (C=O) groups is 1. The molecule has 1 rings (SSSR count). The molecular formula is C7H8N4OS. The summed E-state index contributed by atoms with van der Waals surface area (Å²) in [6.07, 6.45) is 5.90. The number of dihydropyridines is 1. The van der Waals surface area contributed by atoms with Crippen LogP contribution in [0.5, 0.6) is 0 Å². The van der Waals surface area contributed by atoms with Crippen molar-refractivity contribution in [2.45, 2.75) is 0 Å². The summed E-state index contributed by atoms with van der Waals surface area (Å²) in [6, 6.07) is 0. The van der Waals surface area contributed by atoms with E-state index in [1.165, 1.54) is 18.5 Å². The van der Waals surface area contributed by atoms with Gasteiger partial charge in [-0.1, -0.05) is 0 Å². The van der Waals surface area contributed by atoms with Crippen molar-refractivity contribution < 1.29 is 4.79 Å². The van der Waals surface area contributed by atoms with E-state index in [4.69, 9.17) is 5.73 Å². The van der Waals surface area contributed by atoms with Gasteiger partial charge in [-0.3, -0.25) is 15.2 Å². The third-order valence-corrected chi connectivity index (χ3v) is 1.31. The summed E-state index contributed by atoms with van der Waals surface area (Å²) >= 11 is 4.53. The van der Waals surface area contributed by atoms with Gasteiger partial charge in [0.05, 0.1) is 0 Å². The molecule has 1 aliphatic heterocycles. The molecule has 0 aromatic heterocycles. The van der Waals surface area contributed by atoms with Crippen molar-refractivity contribution in [3.8, 4) is 0 Å². The Morgan fingerprint density at radius 2 is 2.46 bits per heavy atom. The molecule has 0 unspecified atom stereocenters. The largest absolute Gasteiger partial charge is 0.375 e. The molecule has 13 heavy (non-hydrogen) atoms. The molecule has 1 heterocycles. The molecule has 0 fully saturated rings. The van der Waals surface area contributed by atoms with Crippen LogP contribution in [0.15, 0.2) is 29.0 Å². The molecule has 68 valence electrons. The lowest BCUT2D eigenvalue weighted by atomic mass is 10.2. The minimum atomic E-state index is -0.167. The molecule has 0 aromatic carbocycles. The Hall–Kier alpha value is -1.69. The fourth-order valence-corrected chi connectivity index (χ4v) is 0.746. The van der Waals surface area contributed by atoms with Crippen molar-refractivity contribution in [3.05, 3.63) is 24.0 Å². The van der Waals surface area contributed by atoms with Crippen LogP contribution in [0.1, 0.15) is 0 Å². The molecule has 0 atom stereocenters. The van der Waals surface area contributed by atoms with E-state index in [1.54, 1.807) is 6.08 Å². The maximum atomic E-state index is 11.1. The van der Waals surface area contributed by atoms with E-state index in [1.807, 2.05) is 0 Å². The third-order valence-electron chi connectivity index (χ3n) is 1.20. The van der Waals surface area contributed by atoms with E-state index in [-0.39, 0.29) is 10.9 Å². The number of allylic oxidation sites excluding steroid dienone is 2. The Morgan fingerprint density at radius 1 is 1.69 bits per heavy atom. The number of thiocarbonyl (C=S) groups is 1. The fourth-order valence-electron chi connectivity index (χ4n) is 0.687. The number of hydrogen-bond acceptors (Lipinski definition) is 4. The number of carbonyl (C=O) groups excluding carboxylic acids is 1. The molecule has 0 bridgehead atoms. The number of rotatable bonds is 2. The van der Waals surface area contributed by atoms with Crippen LogP contribution in [-0.2, 0) is 4.79 Å². The van der Waals surface area contributed by atoms with E-state index < -0.39 is 0 Å². The van der Waals surface area contributed by atoms with E-state index in [2.05, 4.69) is 28.1 Å². The highest BCUT2D eigenvalue weighted by Gasteiger charge is 2.05. The van der Waals surface area contributed by atoms with Gasteiger partial charge < -0.3 is 11.2 Å². The molecule has 4 N–H and O–H groups in total. The standard InChI is InChI=1S/C7H8N4OS/c8-7(13)11-10-4-5-6(12)2-1-3-9-5/h1-4,10H,(H3,8,11,13). The highest BCUT2D eigenvalue weighted by molar-refractivity contribution is 7.80. The van der Waals surface area contributed by atoms with E-state index in [9.17, 15) is 4.79 Å². The second-order valence-electron chi connectivity index (χ2n) is 2.16. The SMILES string of the molecule is NC(=S)NNC=C1N=CC=CC1=O. The number of nitrogens with two attached hydrogens (primary N) is 1. The van der Waals surface area contributed by atoms with Crippen molar-refractivity contribution in [1.82, 2.24) is 10.9 Å². The van der Waals surface area contributed by atoms with E-state index in [0.29, 0.717) is 5.70 Å². The molecule has 0 radical (unpaired) electrons. The first-order chi connectivity index (χ1) is 6.20. The van der Waals surface area contributed by atoms with Gasteiger partial charge in [-0.25, -0.2) is 0 Å². The quantitative estimate of drug-likeness (QED) is 0.311. The summed E-state index contributed by atoms with van der Waals surface area (Å²) in [7, 11) is 0. The first-order valence-electron chi connectivity index (χ1n) is 3.46. The number of ketones is 1. The van der Waals surface area contributed by atoms with Gasteiger partial charge in [0.25, 0.3) is 0 Å². The zero-order valence-corrected chi connectivity index (χ0v) is 7.47. The Kier molecular flexibility index (Phi) is 3.15. The average Bonchev–Trinajstić information content (AvgIpc) is 2.08. The van der Waals surface area contributed by atoms with Crippen LogP contribution in [0.3, 0.4) is 0 Å². The zero-order valence-electron chi connectivity index (χ0n) is 6.65. The third kappa shape index (κ3) is 3.04. The van der Waals surface area contributed by atoms with Crippen molar-refractivity contribution in [3.63, 3.8) is 0 Å². The van der Waals surface area contributed by atoms with Crippen molar-refractivity contribution >= 4 is 29.3 Å². The molecule has 0 spiro atoms. The molecule has 0 saturated carbocycles. The van der Waals surface area contributed by atoms with Crippen molar-refractivity contribution in [2.24, 2.45) is 10.7 Å². The fraction of sp³-hybridized carbons (Fsp3) is 0. The number of hydrogen-bond donors (Lipinski definition) is 3. The second-order valence-corrected chi connectivity index (χ2v) is 2.60. The maximum absolute atomic E-state index is 11.1. The molecule has 6 heteroatoms. The summed E-state index contributed by atoms with van der Waals surface area (Å²) in [6.45, 7) is 0. The van der Waals surface area contributed by atoms with Crippen LogP contribution in [0.2, 0.25) is 0 Å². The van der Waals surface area contributed by atoms with Gasteiger partial charge in [0, 0.05) is 12.4 Å². The summed E-state index contributed by atoms with van der Waals surface area (Å²) in [5, 5.41) is 0.0969. The lowest BCUT2D eigenvalue weighted by molar-refractivity contribution is -0.111. The molecule has 5 nitrogen and oxygen atoms in total. The molecule has 0 amide bonds. The molecular weight excluding hydrogens is 188 g/mol. The number of nitrogens with zero attached hydrogens (tertiary/aromatic N) is 1. The predicted octanol–water partition coefficient (Wildman–Crippen LogP) is -0.625. The minimum Gasteiger partial charge on any atom is -0.375 e. The highest BCUT2D eigenvalue weighted by Crippen LogP contribution is 2.01. The normalized spacial score (nSPS) is 17.5. The topological polar surface area (TPSA) is 79.5 Å². The monoisotopic (exact) mass is 196 g/mol. The Bertz CT molecular complexity index is 318. The van der Waals surface area contributed by atoms with Crippen molar-refractivity contribution in [2.75, 3.05) is 0 Å². The van der Waals surface area contributed by atoms with E-state index in [0.717, 1.165) is 0 Å². The highest BCUT2D eigenvalue weighted by atomic mass is 32.1. The van der Waals surface area contributed by atoms with Gasteiger partial charge in [-0.2, -0.15) is 0 Å². The number of nitrogens with one attached hydrogen (secondary N) is 2. The van der Waals surface area contributed by atoms with Gasteiger partial charge in [0.2, 0.25) is 5.78 Å². The summed E-state index contributed by atoms with van der Waals surface area (Å²) in [4.78, 5) is 14.9. The second kappa shape index (κ2) is 4.36. The molecule has 0 saturated heterocycles. The van der Waals surface area contributed by atoms with Crippen molar-refractivity contribution in [1.29, 1.82) is 0 Å². The molecule has 0 aliphatic carbocycles. The smallest absolute Gasteiger partial charge is 0.205 e. The first kappa shape index (κ1) is 9.40. The maximum Gasteiger partial charge on any atom is 0.205 e. The van der Waals surface area contributed by atoms with Crippen LogP contribution >= 0.6 is 12.2 Å². The minimum absolute atomic E-state index is 0.0969. The van der Waals surface area contributed by atoms with Crippen LogP contribution in [-0.4, -0.2) is 17.1 Å². The Labute approximate surface area is 80.4 Å². The first-order valence-corrected chi connectivity index (χ1v) is 3.87. The molecule has 0 aromatic rings. The van der Waals surface area contributed by atoms with Crippen LogP contribution in [0.25, 0.3) is 0 Å². The summed E-state index contributed by atoms with van der Waals surface area (Å²) < 4.78 is 0. The average molecular weight is 196 g/mol. The van der Waals surface area contributed by atoms with Gasteiger partial charge in [0.1, 0.15) is 5.70 Å². The summed E-state index contributed by atoms with van der Waals surface area (Å²) in [5.41, 5.74) is 10.4. The van der Waals surface area contributed by atoms with E-state index >= 15 is 0 Å². The number of aliphatic imine (C=N–C) groups is 1. The predicted molar refractivity (Wildman–Crippen MR) is 53.8 cm³/mol. The summed E-state index contributed by atoms with van der Waals surface area (Å²) in [5.74, 6) is -0.167. The van der Waals surface area contributed by atoms with Gasteiger partial charge in [-0.15, -0.1) is 0 Å². The molecule has 1 aliphatic rings.